The van der Waals surface area contributed by atoms with Gasteiger partial charge in [0.15, 0.2) is 0 Å². The van der Waals surface area contributed by atoms with Crippen LogP contribution in [-0.2, 0) is 9.47 Å². The molecule has 1 fully saturated rings. The van der Waals surface area contributed by atoms with E-state index >= 15 is 0 Å². The van der Waals surface area contributed by atoms with E-state index in [-0.39, 0.29) is 5.91 Å². The highest BCUT2D eigenvalue weighted by Gasteiger charge is 2.26. The first-order valence-electron chi connectivity index (χ1n) is 8.98. The molecular weight excluding hydrogens is 334 g/mol. The van der Waals surface area contributed by atoms with Crippen molar-refractivity contribution in [2.45, 2.75) is 18.9 Å². The van der Waals surface area contributed by atoms with Crippen molar-refractivity contribution in [1.82, 2.24) is 4.90 Å². The normalized spacial score (nSPS) is 20.5. The van der Waals surface area contributed by atoms with Crippen molar-refractivity contribution >= 4 is 11.9 Å². The number of quaternary nitrogens is 1. The molecule has 1 aromatic rings. The highest BCUT2D eigenvalue weighted by Crippen LogP contribution is 2.14. The Morgan fingerprint density at radius 2 is 1.85 bits per heavy atom. The summed E-state index contributed by atoms with van der Waals surface area (Å²) in [6.45, 7) is 3.01. The molecule has 1 aliphatic heterocycles. The maximum Gasteiger partial charge on any atom is 0.295 e. The number of nitrogens with zero attached hydrogens (tertiary/aromatic N) is 2. The largest absolute Gasteiger partial charge is 0.497 e. The van der Waals surface area contributed by atoms with Gasteiger partial charge in [0.2, 0.25) is 0 Å². The lowest BCUT2D eigenvalue weighted by Gasteiger charge is -2.34. The molecule has 144 valence electrons. The molecule has 7 heteroatoms. The third kappa shape index (κ3) is 5.71. The van der Waals surface area contributed by atoms with Crippen LogP contribution in [-0.4, -0.2) is 77.5 Å². The number of nitrogens with one attached hydrogen (secondary N) is 1. The van der Waals surface area contributed by atoms with E-state index in [4.69, 9.17) is 14.2 Å². The molecule has 26 heavy (non-hydrogen) atoms. The van der Waals surface area contributed by atoms with Gasteiger partial charge in [-0.05, 0) is 24.3 Å². The van der Waals surface area contributed by atoms with E-state index in [0.29, 0.717) is 36.6 Å². The molecule has 0 aromatic heterocycles. The van der Waals surface area contributed by atoms with Crippen LogP contribution in [0.25, 0.3) is 0 Å². The van der Waals surface area contributed by atoms with E-state index in [1.807, 2.05) is 11.9 Å². The number of hydrogen-bond donors (Lipinski definition) is 1. The van der Waals surface area contributed by atoms with Gasteiger partial charge in [0, 0.05) is 38.6 Å². The Kier molecular flexibility index (Phi) is 7.87. The Hall–Kier alpha value is -2.12. The first kappa shape index (κ1) is 20.2. The van der Waals surface area contributed by atoms with Gasteiger partial charge in [-0.15, -0.1) is 0 Å². The minimum absolute atomic E-state index is 0.323. The number of benzene rings is 1. The van der Waals surface area contributed by atoms with Gasteiger partial charge in [-0.2, -0.15) is 4.99 Å². The summed E-state index contributed by atoms with van der Waals surface area (Å²) in [7, 11) is 7.35. The summed E-state index contributed by atoms with van der Waals surface area (Å²) >= 11 is 0. The summed E-state index contributed by atoms with van der Waals surface area (Å²) < 4.78 is 15.9. The average Bonchev–Trinajstić information content (AvgIpc) is 2.67. The Morgan fingerprint density at radius 3 is 2.42 bits per heavy atom. The van der Waals surface area contributed by atoms with Gasteiger partial charge in [0.05, 0.1) is 33.9 Å². The van der Waals surface area contributed by atoms with Crippen molar-refractivity contribution in [3.8, 4) is 5.75 Å². The Balaban J connectivity index is 2.12. The second kappa shape index (κ2) is 10.1. The van der Waals surface area contributed by atoms with Crippen molar-refractivity contribution in [1.29, 1.82) is 0 Å². The Bertz CT molecular complexity index is 595. The van der Waals surface area contributed by atoms with Crippen molar-refractivity contribution < 1.29 is 23.9 Å². The molecule has 0 spiro atoms. The topological polar surface area (TPSA) is 64.8 Å². The number of carbonyl (C=O) groups excluding carboxylic acids is 1. The predicted molar refractivity (Wildman–Crippen MR) is 100.0 cm³/mol. The first-order chi connectivity index (χ1) is 12.5. The van der Waals surface area contributed by atoms with Gasteiger partial charge in [-0.25, -0.2) is 0 Å². The zero-order chi connectivity index (χ0) is 18.9. The number of aliphatic imine (C=N–C) groups is 1. The fourth-order valence-electron chi connectivity index (χ4n) is 2.95. The highest BCUT2D eigenvalue weighted by atomic mass is 16.5. The zero-order valence-electron chi connectivity index (χ0n) is 16.2. The number of methoxy groups -OCH3 is 2. The summed E-state index contributed by atoms with van der Waals surface area (Å²) in [5, 5.41) is 0. The predicted octanol–water partition coefficient (Wildman–Crippen LogP) is 0.463. The smallest absolute Gasteiger partial charge is 0.295 e. The van der Waals surface area contributed by atoms with Crippen LogP contribution in [0.15, 0.2) is 29.3 Å². The monoisotopic (exact) mass is 364 g/mol. The van der Waals surface area contributed by atoms with Crippen LogP contribution < -0.4 is 9.64 Å². The van der Waals surface area contributed by atoms with Gasteiger partial charge >= 0.3 is 0 Å². The molecular formula is C19H30N3O4+. The number of hydrogen-bond acceptors (Lipinski definition) is 4. The standard InChI is InChI=1S/C19H29N3O4/c1-21-11-9-16(10-12-21)22(2)19(26-14-13-24-3)20-18(23)15-5-7-17(25-4)8-6-15/h5-8,16H,9-14H2,1-4H3/p+1. The van der Waals surface area contributed by atoms with E-state index in [2.05, 4.69) is 12.0 Å². The van der Waals surface area contributed by atoms with Crippen LogP contribution in [0, 0.1) is 0 Å². The van der Waals surface area contributed by atoms with E-state index in [0.717, 1.165) is 25.9 Å². The fraction of sp³-hybridized carbons (Fsp3) is 0.579. The van der Waals surface area contributed by atoms with Gasteiger partial charge in [-0.3, -0.25) is 4.79 Å². The first-order valence-corrected chi connectivity index (χ1v) is 8.98. The molecule has 0 aliphatic carbocycles. The number of ether oxygens (including phenoxy) is 3. The summed E-state index contributed by atoms with van der Waals surface area (Å²) in [4.78, 5) is 20.3. The Labute approximate surface area is 155 Å². The quantitative estimate of drug-likeness (QED) is 0.451. The van der Waals surface area contributed by atoms with Gasteiger partial charge in [0.25, 0.3) is 11.9 Å². The fourth-order valence-corrected chi connectivity index (χ4v) is 2.95. The average molecular weight is 364 g/mol. The molecule has 2 rings (SSSR count). The second-order valence-corrected chi connectivity index (χ2v) is 6.57. The third-order valence-corrected chi connectivity index (χ3v) is 4.71. The number of carbonyl (C=O) groups is 1. The Morgan fingerprint density at radius 1 is 1.19 bits per heavy atom. The molecule has 7 nitrogen and oxygen atoms in total. The molecule has 0 radical (unpaired) electrons. The molecule has 0 bridgehead atoms. The summed E-state index contributed by atoms with van der Waals surface area (Å²) in [6.07, 6.45) is 2.09. The lowest BCUT2D eigenvalue weighted by atomic mass is 10.0. The number of amidine groups is 1. The van der Waals surface area contributed by atoms with Gasteiger partial charge < -0.3 is 24.0 Å². The van der Waals surface area contributed by atoms with Gasteiger partial charge in [-0.1, -0.05) is 0 Å². The second-order valence-electron chi connectivity index (χ2n) is 6.57. The van der Waals surface area contributed by atoms with Crippen molar-refractivity contribution in [2.24, 2.45) is 4.99 Å². The lowest BCUT2D eigenvalue weighted by Crippen LogP contribution is -3.10. The highest BCUT2D eigenvalue weighted by molar-refractivity contribution is 6.01. The number of rotatable bonds is 6. The van der Waals surface area contributed by atoms with Crippen molar-refractivity contribution in [2.75, 3.05) is 54.6 Å². The number of amides is 1. The minimum Gasteiger partial charge on any atom is -0.497 e. The van der Waals surface area contributed by atoms with Crippen LogP contribution in [0.5, 0.6) is 5.75 Å². The van der Waals surface area contributed by atoms with Crippen molar-refractivity contribution in [3.05, 3.63) is 29.8 Å². The third-order valence-electron chi connectivity index (χ3n) is 4.71. The van der Waals surface area contributed by atoms with Crippen LogP contribution in [0.4, 0.5) is 0 Å². The zero-order valence-corrected chi connectivity index (χ0v) is 16.2. The minimum atomic E-state index is -0.328. The van der Waals surface area contributed by atoms with Crippen LogP contribution in [0.1, 0.15) is 23.2 Å². The van der Waals surface area contributed by atoms with E-state index in [9.17, 15) is 4.79 Å². The number of piperidine rings is 1. The van der Waals surface area contributed by atoms with Crippen LogP contribution >= 0.6 is 0 Å². The lowest BCUT2D eigenvalue weighted by molar-refractivity contribution is -0.885. The maximum absolute atomic E-state index is 12.6. The molecule has 1 heterocycles. The van der Waals surface area contributed by atoms with Crippen molar-refractivity contribution in [3.63, 3.8) is 0 Å². The van der Waals surface area contributed by atoms with E-state index in [1.165, 1.54) is 4.90 Å². The summed E-state index contributed by atoms with van der Waals surface area (Å²) in [5.41, 5.74) is 0.500. The molecule has 1 aromatic carbocycles. The molecule has 1 N–H and O–H groups in total. The molecule has 1 aliphatic rings. The number of likely N-dealkylation sites (tertiary alicyclic amines) is 1. The SMILES string of the molecule is COCCOC(=NC(=O)c1ccc(OC)cc1)N(C)C1CC[NH+](C)CC1. The van der Waals surface area contributed by atoms with Crippen LogP contribution in [0.2, 0.25) is 0 Å². The van der Waals surface area contributed by atoms with E-state index < -0.39 is 0 Å². The molecule has 0 atom stereocenters. The van der Waals surface area contributed by atoms with Crippen LogP contribution in [0.3, 0.4) is 0 Å². The van der Waals surface area contributed by atoms with E-state index in [1.54, 1.807) is 38.5 Å². The molecule has 1 amide bonds. The molecule has 1 saturated heterocycles. The molecule has 0 unspecified atom stereocenters. The maximum atomic E-state index is 12.6. The summed E-state index contributed by atoms with van der Waals surface area (Å²) in [5.74, 6) is 0.374. The van der Waals surface area contributed by atoms with Gasteiger partial charge in [0.1, 0.15) is 12.4 Å². The summed E-state index contributed by atoms with van der Waals surface area (Å²) in [6, 6.07) is 7.58. The molecule has 0 saturated carbocycles.